The van der Waals surface area contributed by atoms with E-state index in [1.807, 2.05) is 68.6 Å². The number of thiazole rings is 1. The lowest BCUT2D eigenvalue weighted by Gasteiger charge is -2.31. The molecule has 0 spiro atoms. The first-order valence-corrected chi connectivity index (χ1v) is 12.4. The summed E-state index contributed by atoms with van der Waals surface area (Å²) in [6.45, 7) is 6.87. The highest BCUT2D eigenvalue weighted by atomic mass is 32.1. The number of hydrogen-bond donors (Lipinski definition) is 1. The highest BCUT2D eigenvalue weighted by Gasteiger charge is 2.39. The second kappa shape index (κ2) is 10.1. The molecule has 1 fully saturated rings. The summed E-state index contributed by atoms with van der Waals surface area (Å²) in [5.41, 5.74) is 3.57. The number of carbonyl (C=O) groups excluding carboxylic acids is 2. The van der Waals surface area contributed by atoms with Gasteiger partial charge in [0.1, 0.15) is 5.01 Å². The van der Waals surface area contributed by atoms with Crippen LogP contribution in [0.1, 0.15) is 32.8 Å². The van der Waals surface area contributed by atoms with E-state index in [4.69, 9.17) is 14.5 Å². The van der Waals surface area contributed by atoms with Crippen LogP contribution in [0, 0.1) is 5.92 Å². The van der Waals surface area contributed by atoms with Crippen LogP contribution in [0.25, 0.3) is 21.8 Å². The summed E-state index contributed by atoms with van der Waals surface area (Å²) in [4.78, 5) is 31.5. The van der Waals surface area contributed by atoms with Crippen LogP contribution in [0.15, 0.2) is 47.8 Å². The molecular weight excluding hydrogens is 462 g/mol. The number of rotatable bonds is 7. The van der Waals surface area contributed by atoms with Crippen LogP contribution in [0.2, 0.25) is 0 Å². The van der Waals surface area contributed by atoms with E-state index >= 15 is 0 Å². The third-order valence-corrected chi connectivity index (χ3v) is 7.05. The number of hydrogen-bond acceptors (Lipinski definition) is 6. The van der Waals surface area contributed by atoms with Crippen LogP contribution in [0.5, 0.6) is 11.5 Å². The van der Waals surface area contributed by atoms with Crippen LogP contribution in [0.3, 0.4) is 0 Å². The molecule has 0 saturated carbocycles. The van der Waals surface area contributed by atoms with Gasteiger partial charge in [-0.25, -0.2) is 4.98 Å². The van der Waals surface area contributed by atoms with Crippen LogP contribution < -0.4 is 14.8 Å². The summed E-state index contributed by atoms with van der Waals surface area (Å²) >= 11 is 1.57. The van der Waals surface area contributed by atoms with Crippen LogP contribution in [-0.4, -0.2) is 48.0 Å². The van der Waals surface area contributed by atoms with Crippen LogP contribution >= 0.6 is 11.3 Å². The van der Waals surface area contributed by atoms with Gasteiger partial charge in [0, 0.05) is 41.6 Å². The number of nitrogens with one attached hydrogen (secondary N) is 1. The molecule has 1 saturated heterocycles. The zero-order valence-corrected chi connectivity index (χ0v) is 21.6. The lowest BCUT2D eigenvalue weighted by Crippen LogP contribution is -2.43. The van der Waals surface area contributed by atoms with E-state index in [1.54, 1.807) is 30.5 Å². The lowest BCUT2D eigenvalue weighted by molar-refractivity contribution is -0.132. The van der Waals surface area contributed by atoms with Gasteiger partial charge in [0.15, 0.2) is 11.5 Å². The van der Waals surface area contributed by atoms with Crippen molar-refractivity contribution in [2.24, 2.45) is 5.92 Å². The average Bonchev–Trinajstić information content (AvgIpc) is 3.49. The molecule has 2 amide bonds. The number of likely N-dealkylation sites (tertiary alicyclic amines) is 1. The van der Waals surface area contributed by atoms with Gasteiger partial charge in [-0.2, -0.15) is 0 Å². The molecule has 7 nitrogen and oxygen atoms in total. The zero-order chi connectivity index (χ0) is 25.2. The second-order valence-electron chi connectivity index (χ2n) is 9.60. The topological polar surface area (TPSA) is 80.8 Å². The monoisotopic (exact) mass is 493 g/mol. The van der Waals surface area contributed by atoms with E-state index in [0.29, 0.717) is 24.6 Å². The van der Waals surface area contributed by atoms with Gasteiger partial charge in [0.05, 0.1) is 25.8 Å². The Bertz CT molecular complexity index is 1210. The molecule has 184 valence electrons. The van der Waals surface area contributed by atoms with Gasteiger partial charge in [0.2, 0.25) is 11.8 Å². The number of ether oxygens (including phenoxy) is 2. The average molecular weight is 494 g/mol. The number of carbonyl (C=O) groups is 2. The maximum Gasteiger partial charge on any atom is 0.225 e. The number of benzene rings is 2. The van der Waals surface area contributed by atoms with E-state index in [2.05, 4.69) is 5.32 Å². The van der Waals surface area contributed by atoms with Gasteiger partial charge in [-0.1, -0.05) is 24.3 Å². The Morgan fingerprint density at radius 2 is 1.77 bits per heavy atom. The summed E-state index contributed by atoms with van der Waals surface area (Å²) in [7, 11) is 3.23. The van der Waals surface area contributed by atoms with Crippen LogP contribution in [-0.2, 0) is 16.1 Å². The quantitative estimate of drug-likeness (QED) is 0.513. The molecule has 1 N–H and O–H groups in total. The van der Waals surface area contributed by atoms with Gasteiger partial charge < -0.3 is 19.7 Å². The Morgan fingerprint density at radius 3 is 2.40 bits per heavy atom. The third-order valence-electron chi connectivity index (χ3n) is 6.16. The van der Waals surface area contributed by atoms with Crippen LogP contribution in [0.4, 0.5) is 0 Å². The predicted molar refractivity (Wildman–Crippen MR) is 138 cm³/mol. The summed E-state index contributed by atoms with van der Waals surface area (Å²) in [5.74, 6) is 1.01. The Morgan fingerprint density at radius 1 is 1.09 bits per heavy atom. The molecule has 8 heteroatoms. The maximum atomic E-state index is 12.6. The molecule has 1 unspecified atom stereocenters. The molecule has 4 rings (SSSR count). The van der Waals surface area contributed by atoms with Gasteiger partial charge >= 0.3 is 0 Å². The summed E-state index contributed by atoms with van der Waals surface area (Å²) in [6.07, 6.45) is 0.272. The van der Waals surface area contributed by atoms with E-state index in [1.165, 1.54) is 0 Å². The molecule has 0 aliphatic carbocycles. The Labute approximate surface area is 210 Å². The standard InChI is InChI=1S/C27H31N3O4S/c1-27(2,3)30-15-20(13-24(30)31)25(32)28-14-17-6-8-18(9-7-17)26-29-21(16-35-26)19-10-11-22(33-4)23(12-19)34-5/h6-12,16,20H,13-15H2,1-5H3,(H,28,32). The van der Waals surface area contributed by atoms with Crippen molar-refractivity contribution in [3.8, 4) is 33.3 Å². The maximum absolute atomic E-state index is 12.6. The first-order chi connectivity index (χ1) is 16.7. The Balaban J connectivity index is 1.37. The predicted octanol–water partition coefficient (Wildman–Crippen LogP) is 4.76. The first-order valence-electron chi connectivity index (χ1n) is 11.5. The minimum atomic E-state index is -0.300. The van der Waals surface area contributed by atoms with Crippen molar-refractivity contribution >= 4 is 23.2 Å². The molecule has 1 aromatic heterocycles. The number of amides is 2. The molecule has 1 atom stereocenters. The van der Waals surface area contributed by atoms with E-state index in [9.17, 15) is 9.59 Å². The summed E-state index contributed by atoms with van der Waals surface area (Å²) in [6, 6.07) is 13.8. The highest BCUT2D eigenvalue weighted by Crippen LogP contribution is 2.34. The van der Waals surface area contributed by atoms with Crippen molar-refractivity contribution in [1.29, 1.82) is 0 Å². The normalized spacial score (nSPS) is 15.9. The third kappa shape index (κ3) is 5.48. The molecule has 0 radical (unpaired) electrons. The second-order valence-corrected chi connectivity index (χ2v) is 10.5. The van der Waals surface area contributed by atoms with E-state index in [0.717, 1.165) is 27.4 Å². The summed E-state index contributed by atoms with van der Waals surface area (Å²) in [5, 5.41) is 5.92. The smallest absolute Gasteiger partial charge is 0.225 e. The van der Waals surface area contributed by atoms with Gasteiger partial charge in [0.25, 0.3) is 0 Å². The van der Waals surface area contributed by atoms with Crippen molar-refractivity contribution in [2.45, 2.75) is 39.3 Å². The van der Waals surface area contributed by atoms with E-state index in [-0.39, 0.29) is 29.7 Å². The lowest BCUT2D eigenvalue weighted by atomic mass is 10.1. The molecule has 35 heavy (non-hydrogen) atoms. The molecule has 0 bridgehead atoms. The van der Waals surface area contributed by atoms with Gasteiger partial charge in [-0.3, -0.25) is 9.59 Å². The fourth-order valence-corrected chi connectivity index (χ4v) is 5.00. The Hall–Kier alpha value is -3.39. The minimum Gasteiger partial charge on any atom is -0.493 e. The highest BCUT2D eigenvalue weighted by molar-refractivity contribution is 7.13. The molecule has 2 aromatic carbocycles. The van der Waals surface area contributed by atoms with Crippen molar-refractivity contribution in [3.05, 3.63) is 53.4 Å². The van der Waals surface area contributed by atoms with Gasteiger partial charge in [-0.15, -0.1) is 11.3 Å². The zero-order valence-electron chi connectivity index (χ0n) is 20.8. The van der Waals surface area contributed by atoms with Crippen molar-refractivity contribution in [2.75, 3.05) is 20.8 Å². The fourth-order valence-electron chi connectivity index (χ4n) is 4.16. The largest absolute Gasteiger partial charge is 0.493 e. The van der Waals surface area contributed by atoms with E-state index < -0.39 is 0 Å². The summed E-state index contributed by atoms with van der Waals surface area (Å²) < 4.78 is 10.7. The number of aromatic nitrogens is 1. The minimum absolute atomic E-state index is 0.0397. The molecule has 3 aromatic rings. The van der Waals surface area contributed by atoms with Gasteiger partial charge in [-0.05, 0) is 44.5 Å². The molecule has 1 aliphatic heterocycles. The SMILES string of the molecule is COc1ccc(-c2csc(-c3ccc(CNC(=O)C4CC(=O)N(C(C)(C)C)C4)cc3)n2)cc1OC. The van der Waals surface area contributed by atoms with Crippen molar-refractivity contribution < 1.29 is 19.1 Å². The van der Waals surface area contributed by atoms with Crippen molar-refractivity contribution in [1.82, 2.24) is 15.2 Å². The Kier molecular flexibility index (Phi) is 7.12. The van der Waals surface area contributed by atoms with Crippen molar-refractivity contribution in [3.63, 3.8) is 0 Å². The fraction of sp³-hybridized carbons (Fsp3) is 0.370. The first kappa shape index (κ1) is 24.7. The molecule has 1 aliphatic rings. The number of nitrogens with zero attached hydrogens (tertiary/aromatic N) is 2. The number of methoxy groups -OCH3 is 2. The molecule has 2 heterocycles. The molecular formula is C27H31N3O4S.